The summed E-state index contributed by atoms with van der Waals surface area (Å²) in [6.07, 6.45) is 0. The van der Waals surface area contributed by atoms with E-state index in [1.54, 1.807) is 0 Å². The molecule has 2 aromatic rings. The number of hydrogen-bond acceptors (Lipinski definition) is 2. The van der Waals surface area contributed by atoms with Gasteiger partial charge in [0.25, 0.3) is 10.0 Å². The normalized spacial score (nSPS) is 11.4. The molecule has 3 nitrogen and oxygen atoms in total. The predicted octanol–water partition coefficient (Wildman–Crippen LogP) is 4.59. The lowest BCUT2D eigenvalue weighted by Crippen LogP contribution is -2.13. The summed E-state index contributed by atoms with van der Waals surface area (Å²) in [5.74, 6) is -0.643. The Morgan fingerprint density at radius 1 is 1.00 bits per heavy atom. The van der Waals surface area contributed by atoms with Gasteiger partial charge in [0.05, 0.1) is 20.8 Å². The average Bonchev–Trinajstić information content (AvgIpc) is 2.36. The van der Waals surface area contributed by atoms with Gasteiger partial charge in [0.2, 0.25) is 0 Å². The third-order valence-corrected chi connectivity index (χ3v) is 5.02. The van der Waals surface area contributed by atoms with E-state index in [2.05, 4.69) is 4.72 Å². The molecule has 8 heteroatoms. The first-order valence-corrected chi connectivity index (χ1v) is 7.85. The number of benzene rings is 2. The molecule has 0 atom stereocenters. The largest absolute Gasteiger partial charge is 0.280 e. The molecular formula is C12H7Cl3FNO2S. The third kappa shape index (κ3) is 3.17. The highest BCUT2D eigenvalue weighted by molar-refractivity contribution is 7.92. The minimum absolute atomic E-state index is 0.0881. The van der Waals surface area contributed by atoms with Crippen molar-refractivity contribution in [3.8, 4) is 0 Å². The second kappa shape index (κ2) is 5.77. The van der Waals surface area contributed by atoms with E-state index in [9.17, 15) is 12.8 Å². The van der Waals surface area contributed by atoms with Crippen LogP contribution in [0, 0.1) is 5.82 Å². The molecule has 106 valence electrons. The molecule has 0 fully saturated rings. The van der Waals surface area contributed by atoms with Crippen LogP contribution in [0.5, 0.6) is 0 Å². The molecule has 1 N–H and O–H groups in total. The van der Waals surface area contributed by atoms with Gasteiger partial charge in [-0.15, -0.1) is 0 Å². The van der Waals surface area contributed by atoms with Crippen molar-refractivity contribution in [3.05, 3.63) is 57.3 Å². The fraction of sp³-hybridized carbons (Fsp3) is 0. The zero-order valence-electron chi connectivity index (χ0n) is 9.70. The highest BCUT2D eigenvalue weighted by atomic mass is 35.5. The Bertz CT molecular complexity index is 765. The molecule has 2 aromatic carbocycles. The van der Waals surface area contributed by atoms with E-state index in [0.29, 0.717) is 0 Å². The van der Waals surface area contributed by atoms with Gasteiger partial charge in [-0.1, -0.05) is 40.9 Å². The highest BCUT2D eigenvalue weighted by Gasteiger charge is 2.19. The molecule has 0 heterocycles. The molecule has 0 saturated carbocycles. The Labute approximate surface area is 130 Å². The molecule has 0 saturated heterocycles. The molecule has 0 radical (unpaired) electrons. The average molecular weight is 355 g/mol. The van der Waals surface area contributed by atoms with Crippen LogP contribution in [0.25, 0.3) is 0 Å². The van der Waals surface area contributed by atoms with Crippen LogP contribution in [0.4, 0.5) is 10.1 Å². The number of anilines is 1. The Balaban J connectivity index is 2.41. The zero-order valence-corrected chi connectivity index (χ0v) is 12.8. The van der Waals surface area contributed by atoms with Gasteiger partial charge in [0.15, 0.2) is 0 Å². The van der Waals surface area contributed by atoms with Crippen LogP contribution in [-0.4, -0.2) is 8.42 Å². The molecule has 0 aliphatic heterocycles. The maximum Gasteiger partial charge on any atom is 0.263 e. The van der Waals surface area contributed by atoms with Crippen molar-refractivity contribution in [1.82, 2.24) is 0 Å². The molecular weight excluding hydrogens is 348 g/mol. The van der Waals surface area contributed by atoms with Gasteiger partial charge in [-0.3, -0.25) is 4.72 Å². The third-order valence-electron chi connectivity index (χ3n) is 2.38. The zero-order chi connectivity index (χ0) is 14.9. The molecule has 0 amide bonds. The Morgan fingerprint density at radius 3 is 2.35 bits per heavy atom. The summed E-state index contributed by atoms with van der Waals surface area (Å²) in [5.41, 5.74) is 0.118. The van der Waals surface area contributed by atoms with Crippen molar-refractivity contribution in [2.45, 2.75) is 4.90 Å². The standard InChI is InChI=1S/C12H7Cl3FNO2S/c13-8-2-1-3-11(12(8)15)20(18,19)17-7-4-5-10(16)9(14)6-7/h1-6,17H. The van der Waals surface area contributed by atoms with Crippen LogP contribution < -0.4 is 4.72 Å². The number of sulfonamides is 1. The van der Waals surface area contributed by atoms with Gasteiger partial charge in [-0.05, 0) is 30.3 Å². The first-order chi connectivity index (χ1) is 9.31. The molecule has 0 aromatic heterocycles. The number of hydrogen-bond donors (Lipinski definition) is 1. The summed E-state index contributed by atoms with van der Waals surface area (Å²) < 4.78 is 39.6. The highest BCUT2D eigenvalue weighted by Crippen LogP contribution is 2.30. The van der Waals surface area contributed by atoms with Crippen molar-refractivity contribution in [2.75, 3.05) is 4.72 Å². The maximum atomic E-state index is 13.0. The lowest BCUT2D eigenvalue weighted by atomic mass is 10.3. The first-order valence-electron chi connectivity index (χ1n) is 5.23. The summed E-state index contributed by atoms with van der Waals surface area (Å²) in [6.45, 7) is 0. The maximum absolute atomic E-state index is 13.0. The minimum Gasteiger partial charge on any atom is -0.280 e. The van der Waals surface area contributed by atoms with Crippen molar-refractivity contribution in [1.29, 1.82) is 0 Å². The van der Waals surface area contributed by atoms with Crippen molar-refractivity contribution in [3.63, 3.8) is 0 Å². The van der Waals surface area contributed by atoms with Crippen LogP contribution >= 0.6 is 34.8 Å². The van der Waals surface area contributed by atoms with E-state index in [4.69, 9.17) is 34.8 Å². The van der Waals surface area contributed by atoms with E-state index >= 15 is 0 Å². The smallest absolute Gasteiger partial charge is 0.263 e. The van der Waals surface area contributed by atoms with Crippen molar-refractivity contribution in [2.24, 2.45) is 0 Å². The van der Waals surface area contributed by atoms with E-state index in [1.165, 1.54) is 24.3 Å². The summed E-state index contributed by atoms with van der Waals surface area (Å²) in [4.78, 5) is -0.174. The fourth-order valence-corrected chi connectivity index (χ4v) is 3.45. The Kier molecular flexibility index (Phi) is 4.44. The Hall–Kier alpha value is -1.01. The first kappa shape index (κ1) is 15.4. The molecule has 0 bridgehead atoms. The summed E-state index contributed by atoms with van der Waals surface area (Å²) in [6, 6.07) is 7.70. The SMILES string of the molecule is O=S(=O)(Nc1ccc(F)c(Cl)c1)c1cccc(Cl)c1Cl. The molecule has 0 spiro atoms. The van der Waals surface area contributed by atoms with Gasteiger partial charge >= 0.3 is 0 Å². The number of nitrogens with one attached hydrogen (secondary N) is 1. The van der Waals surface area contributed by atoms with Crippen LogP contribution in [0.1, 0.15) is 0 Å². The predicted molar refractivity (Wildman–Crippen MR) is 78.7 cm³/mol. The lowest BCUT2D eigenvalue weighted by molar-refractivity contribution is 0.601. The van der Waals surface area contributed by atoms with Gasteiger partial charge in [-0.25, -0.2) is 12.8 Å². The molecule has 0 aliphatic rings. The van der Waals surface area contributed by atoms with E-state index in [-0.39, 0.29) is 25.7 Å². The van der Waals surface area contributed by atoms with Gasteiger partial charge in [-0.2, -0.15) is 0 Å². The van der Waals surface area contributed by atoms with Crippen molar-refractivity contribution >= 4 is 50.5 Å². The quantitative estimate of drug-likeness (QED) is 0.876. The molecule has 0 aliphatic carbocycles. The second-order valence-electron chi connectivity index (χ2n) is 3.79. The van der Waals surface area contributed by atoms with Crippen LogP contribution in [-0.2, 0) is 10.0 Å². The lowest BCUT2D eigenvalue weighted by Gasteiger charge is -2.10. The summed E-state index contributed by atoms with van der Waals surface area (Å²) in [5, 5.41) is -0.163. The molecule has 20 heavy (non-hydrogen) atoms. The molecule has 2 rings (SSSR count). The van der Waals surface area contributed by atoms with E-state index in [1.807, 2.05) is 0 Å². The summed E-state index contributed by atoms with van der Waals surface area (Å²) >= 11 is 17.2. The minimum atomic E-state index is -3.94. The van der Waals surface area contributed by atoms with Crippen LogP contribution in [0.2, 0.25) is 15.1 Å². The van der Waals surface area contributed by atoms with Crippen LogP contribution in [0.15, 0.2) is 41.3 Å². The van der Waals surface area contributed by atoms with Gasteiger partial charge in [0.1, 0.15) is 10.7 Å². The second-order valence-corrected chi connectivity index (χ2v) is 6.63. The number of halogens is 4. The monoisotopic (exact) mass is 353 g/mol. The van der Waals surface area contributed by atoms with Gasteiger partial charge < -0.3 is 0 Å². The topological polar surface area (TPSA) is 46.2 Å². The number of rotatable bonds is 3. The Morgan fingerprint density at radius 2 is 1.70 bits per heavy atom. The molecule has 0 unspecified atom stereocenters. The summed E-state index contributed by atoms with van der Waals surface area (Å²) in [7, 11) is -3.94. The van der Waals surface area contributed by atoms with E-state index < -0.39 is 15.8 Å². The fourth-order valence-electron chi connectivity index (χ4n) is 1.46. The van der Waals surface area contributed by atoms with E-state index in [0.717, 1.165) is 12.1 Å². The van der Waals surface area contributed by atoms with Crippen LogP contribution in [0.3, 0.4) is 0 Å². The van der Waals surface area contributed by atoms with Crippen molar-refractivity contribution < 1.29 is 12.8 Å². The van der Waals surface area contributed by atoms with Gasteiger partial charge in [0, 0.05) is 0 Å².